The Bertz CT molecular complexity index is 1170. The normalized spacial score (nSPS) is 16.1. The molecule has 5 rings (SSSR count). The zero-order valence-corrected chi connectivity index (χ0v) is 19.5. The number of nitrogens with one attached hydrogen (secondary N) is 1. The molecule has 1 N–H and O–H groups in total. The van der Waals surface area contributed by atoms with Crippen LogP contribution in [0.4, 0.5) is 16.2 Å². The Kier molecular flexibility index (Phi) is 6.09. The van der Waals surface area contributed by atoms with Gasteiger partial charge in [0, 0.05) is 28.6 Å². The van der Waals surface area contributed by atoms with E-state index in [9.17, 15) is 9.59 Å². The standard InChI is InChI=1S/C27H27N3O2S/c1-19-13-15-29(16-14-19)27(32)28-21-11-12-25-23(17-21)30(18-20-7-3-2-4-8-20)26(31)22-9-5-6-10-24(22)33-25/h2-12,17,19H,13-16,18H2,1H3,(H,28,32). The summed E-state index contributed by atoms with van der Waals surface area (Å²) in [6.45, 7) is 4.25. The molecule has 0 aromatic heterocycles. The molecular weight excluding hydrogens is 430 g/mol. The number of likely N-dealkylation sites (tertiary alicyclic amines) is 1. The lowest BCUT2D eigenvalue weighted by molar-refractivity contribution is 0.0982. The average molecular weight is 458 g/mol. The van der Waals surface area contributed by atoms with Gasteiger partial charge in [0.1, 0.15) is 0 Å². The fourth-order valence-electron chi connectivity index (χ4n) is 4.34. The van der Waals surface area contributed by atoms with E-state index in [0.717, 1.165) is 47.0 Å². The number of rotatable bonds is 3. The van der Waals surface area contributed by atoms with E-state index in [4.69, 9.17) is 0 Å². The van der Waals surface area contributed by atoms with E-state index < -0.39 is 0 Å². The summed E-state index contributed by atoms with van der Waals surface area (Å²) in [5, 5.41) is 3.06. The van der Waals surface area contributed by atoms with Crippen molar-refractivity contribution in [2.45, 2.75) is 36.1 Å². The Morgan fingerprint density at radius 2 is 1.70 bits per heavy atom. The van der Waals surface area contributed by atoms with Gasteiger partial charge in [0.25, 0.3) is 5.91 Å². The van der Waals surface area contributed by atoms with E-state index in [-0.39, 0.29) is 11.9 Å². The van der Waals surface area contributed by atoms with E-state index in [0.29, 0.717) is 23.7 Å². The van der Waals surface area contributed by atoms with Crippen molar-refractivity contribution in [1.82, 2.24) is 4.90 Å². The number of carbonyl (C=O) groups excluding carboxylic acids is 2. The topological polar surface area (TPSA) is 52.7 Å². The minimum absolute atomic E-state index is 0.0332. The highest BCUT2D eigenvalue weighted by Crippen LogP contribution is 2.43. The van der Waals surface area contributed by atoms with Crippen LogP contribution in [-0.4, -0.2) is 29.9 Å². The molecule has 0 spiro atoms. The summed E-state index contributed by atoms with van der Waals surface area (Å²) in [7, 11) is 0. The summed E-state index contributed by atoms with van der Waals surface area (Å²) in [6, 6.07) is 23.5. The summed E-state index contributed by atoms with van der Waals surface area (Å²) >= 11 is 1.59. The van der Waals surface area contributed by atoms with Gasteiger partial charge in [0.15, 0.2) is 0 Å². The highest BCUT2D eigenvalue weighted by atomic mass is 32.2. The zero-order chi connectivity index (χ0) is 22.8. The lowest BCUT2D eigenvalue weighted by Gasteiger charge is -2.30. The van der Waals surface area contributed by atoms with Gasteiger partial charge >= 0.3 is 6.03 Å². The van der Waals surface area contributed by atoms with E-state index in [1.54, 1.807) is 11.8 Å². The van der Waals surface area contributed by atoms with Crippen LogP contribution < -0.4 is 10.2 Å². The van der Waals surface area contributed by atoms with E-state index in [1.807, 2.05) is 82.6 Å². The molecule has 3 aromatic rings. The summed E-state index contributed by atoms with van der Waals surface area (Å²) in [6.07, 6.45) is 2.07. The fraction of sp³-hybridized carbons (Fsp3) is 0.259. The molecule has 2 heterocycles. The van der Waals surface area contributed by atoms with Gasteiger partial charge in [0.2, 0.25) is 0 Å². The molecule has 0 bridgehead atoms. The molecule has 3 amide bonds. The van der Waals surface area contributed by atoms with Gasteiger partial charge in [-0.05, 0) is 54.7 Å². The molecule has 6 heteroatoms. The van der Waals surface area contributed by atoms with Crippen molar-refractivity contribution in [2.75, 3.05) is 23.3 Å². The molecule has 168 valence electrons. The third-order valence-corrected chi connectivity index (χ3v) is 7.48. The molecule has 33 heavy (non-hydrogen) atoms. The maximum atomic E-state index is 13.6. The van der Waals surface area contributed by atoms with Crippen molar-refractivity contribution in [3.05, 3.63) is 83.9 Å². The van der Waals surface area contributed by atoms with Crippen LogP contribution in [0.5, 0.6) is 0 Å². The molecular formula is C27H27N3O2S. The maximum Gasteiger partial charge on any atom is 0.321 e. The van der Waals surface area contributed by atoms with Crippen molar-refractivity contribution < 1.29 is 9.59 Å². The summed E-state index contributed by atoms with van der Waals surface area (Å²) in [5.74, 6) is 0.631. The predicted molar refractivity (Wildman–Crippen MR) is 133 cm³/mol. The van der Waals surface area contributed by atoms with E-state index in [1.165, 1.54) is 0 Å². The Morgan fingerprint density at radius 3 is 2.48 bits per heavy atom. The van der Waals surface area contributed by atoms with Crippen LogP contribution in [-0.2, 0) is 6.54 Å². The number of benzene rings is 3. The molecule has 0 unspecified atom stereocenters. The van der Waals surface area contributed by atoms with Gasteiger partial charge in [-0.15, -0.1) is 0 Å². The molecule has 5 nitrogen and oxygen atoms in total. The number of fused-ring (bicyclic) bond motifs is 2. The van der Waals surface area contributed by atoms with Gasteiger partial charge in [-0.1, -0.05) is 61.2 Å². The van der Waals surface area contributed by atoms with Gasteiger partial charge < -0.3 is 15.1 Å². The molecule has 2 aliphatic rings. The number of piperidine rings is 1. The number of amides is 3. The number of nitrogens with zero attached hydrogens (tertiary/aromatic N) is 2. The Hall–Kier alpha value is -3.25. The monoisotopic (exact) mass is 457 g/mol. The fourth-order valence-corrected chi connectivity index (χ4v) is 5.39. The van der Waals surface area contributed by atoms with Crippen molar-refractivity contribution in [1.29, 1.82) is 0 Å². The SMILES string of the molecule is CC1CCN(C(=O)Nc2ccc3c(c2)N(Cc2ccccc2)C(=O)c2ccccc2S3)CC1. The molecule has 0 radical (unpaired) electrons. The van der Waals surface area contributed by atoms with Gasteiger partial charge in [0.05, 0.1) is 17.8 Å². The second-order valence-corrected chi connectivity index (χ2v) is 9.84. The summed E-state index contributed by atoms with van der Waals surface area (Å²) < 4.78 is 0. The third kappa shape index (κ3) is 4.62. The summed E-state index contributed by atoms with van der Waals surface area (Å²) in [5.41, 5.74) is 3.27. The smallest absolute Gasteiger partial charge is 0.321 e. The first-order chi connectivity index (χ1) is 16.1. The van der Waals surface area contributed by atoms with Crippen LogP contribution in [0.3, 0.4) is 0 Å². The number of anilines is 2. The van der Waals surface area contributed by atoms with Crippen molar-refractivity contribution >= 4 is 35.1 Å². The van der Waals surface area contributed by atoms with E-state index in [2.05, 4.69) is 12.2 Å². The molecule has 1 fully saturated rings. The Labute approximate surface area is 198 Å². The average Bonchev–Trinajstić information content (AvgIpc) is 2.95. The second-order valence-electron chi connectivity index (χ2n) is 8.76. The molecule has 0 aliphatic carbocycles. The number of hydrogen-bond donors (Lipinski definition) is 1. The van der Waals surface area contributed by atoms with Crippen LogP contribution in [0.2, 0.25) is 0 Å². The van der Waals surface area contributed by atoms with Crippen molar-refractivity contribution in [3.8, 4) is 0 Å². The third-order valence-electron chi connectivity index (χ3n) is 6.34. The lowest BCUT2D eigenvalue weighted by Crippen LogP contribution is -2.40. The van der Waals surface area contributed by atoms with Crippen LogP contribution >= 0.6 is 11.8 Å². The number of hydrogen-bond acceptors (Lipinski definition) is 3. The maximum absolute atomic E-state index is 13.6. The lowest BCUT2D eigenvalue weighted by atomic mass is 10.00. The second kappa shape index (κ2) is 9.32. The van der Waals surface area contributed by atoms with Crippen molar-refractivity contribution in [2.24, 2.45) is 5.92 Å². The molecule has 0 saturated carbocycles. The van der Waals surface area contributed by atoms with Gasteiger partial charge in [-0.3, -0.25) is 4.79 Å². The molecule has 0 atom stereocenters. The van der Waals surface area contributed by atoms with Gasteiger partial charge in [-0.25, -0.2) is 4.79 Å². The molecule has 3 aromatic carbocycles. The Balaban J connectivity index is 1.47. The highest BCUT2D eigenvalue weighted by Gasteiger charge is 2.28. The van der Waals surface area contributed by atoms with E-state index >= 15 is 0 Å². The van der Waals surface area contributed by atoms with Crippen LogP contribution in [0.25, 0.3) is 0 Å². The van der Waals surface area contributed by atoms with Crippen LogP contribution in [0.1, 0.15) is 35.7 Å². The number of carbonyl (C=O) groups is 2. The van der Waals surface area contributed by atoms with Crippen LogP contribution in [0.15, 0.2) is 82.6 Å². The van der Waals surface area contributed by atoms with Gasteiger partial charge in [-0.2, -0.15) is 0 Å². The first-order valence-corrected chi connectivity index (χ1v) is 12.2. The predicted octanol–water partition coefficient (Wildman–Crippen LogP) is 6.26. The molecule has 1 saturated heterocycles. The minimum Gasteiger partial charge on any atom is -0.325 e. The highest BCUT2D eigenvalue weighted by molar-refractivity contribution is 7.99. The summed E-state index contributed by atoms with van der Waals surface area (Å²) in [4.78, 5) is 32.1. The molecule has 2 aliphatic heterocycles. The number of urea groups is 1. The largest absolute Gasteiger partial charge is 0.325 e. The van der Waals surface area contributed by atoms with Crippen molar-refractivity contribution in [3.63, 3.8) is 0 Å². The quantitative estimate of drug-likeness (QED) is 0.505. The first kappa shape index (κ1) is 21.6. The zero-order valence-electron chi connectivity index (χ0n) is 18.7. The first-order valence-electron chi connectivity index (χ1n) is 11.4. The Morgan fingerprint density at radius 1 is 0.970 bits per heavy atom. The minimum atomic E-state index is -0.0765. The van der Waals surface area contributed by atoms with Crippen LogP contribution in [0, 0.1) is 5.92 Å².